The van der Waals surface area contributed by atoms with E-state index in [1.807, 2.05) is 0 Å². The summed E-state index contributed by atoms with van der Waals surface area (Å²) < 4.78 is 0.517. The Labute approximate surface area is 137 Å². The van der Waals surface area contributed by atoms with Gasteiger partial charge < -0.3 is 0 Å². The number of hydrogen-bond donors (Lipinski definition) is 0. The molecule has 1 saturated heterocycles. The molecule has 20 heavy (non-hydrogen) atoms. The van der Waals surface area contributed by atoms with Crippen molar-refractivity contribution in [2.45, 2.75) is 25.1 Å². The van der Waals surface area contributed by atoms with Crippen molar-refractivity contribution in [3.63, 3.8) is 0 Å². The Morgan fingerprint density at radius 3 is 2.00 bits per heavy atom. The van der Waals surface area contributed by atoms with Crippen LogP contribution in [0.1, 0.15) is 20.8 Å². The van der Waals surface area contributed by atoms with Crippen LogP contribution in [-0.4, -0.2) is 29.2 Å². The first-order valence-corrected chi connectivity index (χ1v) is 13.3. The molecule has 1 heterocycles. The summed E-state index contributed by atoms with van der Waals surface area (Å²) in [4.78, 5) is 0. The first-order chi connectivity index (χ1) is 9.10. The molecule has 0 N–H and O–H groups in total. The van der Waals surface area contributed by atoms with E-state index in [-0.39, 0.29) is 0 Å². The van der Waals surface area contributed by atoms with Gasteiger partial charge in [-0.15, -0.1) is 0 Å². The van der Waals surface area contributed by atoms with Crippen molar-refractivity contribution in [3.05, 3.63) is 30.3 Å². The Morgan fingerprint density at radius 1 is 1.05 bits per heavy atom. The van der Waals surface area contributed by atoms with Crippen molar-refractivity contribution in [3.8, 4) is 0 Å². The Morgan fingerprint density at radius 2 is 1.55 bits per heavy atom. The van der Waals surface area contributed by atoms with Gasteiger partial charge >= 0.3 is 138 Å². The zero-order valence-corrected chi connectivity index (χ0v) is 16.4. The molecule has 1 aromatic carbocycles. The molecule has 0 radical (unpaired) electrons. The standard InChI is InChI=1S/C16H26ClPS2/c1-16(2,3)13-11-19-15(20-12-13)18(4,5,17)14-9-7-6-8-10-14/h6-10,13,15H,11-12H2,1-5H3. The number of halogens is 1. The minimum absolute atomic E-state index is 0.405. The van der Waals surface area contributed by atoms with Gasteiger partial charge in [0.15, 0.2) is 0 Å². The predicted molar refractivity (Wildman–Crippen MR) is 102 cm³/mol. The van der Waals surface area contributed by atoms with E-state index >= 15 is 0 Å². The fourth-order valence-corrected chi connectivity index (χ4v) is 12.8. The van der Waals surface area contributed by atoms with Gasteiger partial charge in [0.05, 0.1) is 0 Å². The van der Waals surface area contributed by atoms with E-state index in [4.69, 9.17) is 11.2 Å². The molecular weight excluding hydrogens is 323 g/mol. The van der Waals surface area contributed by atoms with Crippen molar-refractivity contribution in [2.75, 3.05) is 24.8 Å². The third kappa shape index (κ3) is 3.51. The van der Waals surface area contributed by atoms with Crippen LogP contribution in [0.3, 0.4) is 0 Å². The van der Waals surface area contributed by atoms with Crippen LogP contribution in [0.5, 0.6) is 0 Å². The normalized spacial score (nSPS) is 26.8. The van der Waals surface area contributed by atoms with Gasteiger partial charge in [0.2, 0.25) is 0 Å². The predicted octanol–water partition coefficient (Wildman–Crippen LogP) is 5.70. The van der Waals surface area contributed by atoms with Crippen molar-refractivity contribution < 1.29 is 0 Å². The van der Waals surface area contributed by atoms with Crippen LogP contribution in [0.2, 0.25) is 0 Å². The molecule has 0 unspecified atom stereocenters. The molecule has 1 aliphatic heterocycles. The molecule has 1 aromatic rings. The SMILES string of the molecule is CC(C)(C)C1CSC(P(C)(C)(Cl)c2ccccc2)SC1. The van der Waals surface area contributed by atoms with Gasteiger partial charge in [-0.25, -0.2) is 0 Å². The second kappa shape index (κ2) is 5.69. The Hall–Kier alpha value is 0.640. The van der Waals surface area contributed by atoms with Gasteiger partial charge in [-0.1, -0.05) is 0 Å². The monoisotopic (exact) mass is 348 g/mol. The topological polar surface area (TPSA) is 0 Å². The molecule has 0 spiro atoms. The van der Waals surface area contributed by atoms with Crippen LogP contribution in [0, 0.1) is 11.3 Å². The third-order valence-corrected chi connectivity index (χ3v) is 16.4. The zero-order chi connectivity index (χ0) is 15.0. The van der Waals surface area contributed by atoms with Gasteiger partial charge in [0.25, 0.3) is 0 Å². The van der Waals surface area contributed by atoms with E-state index in [1.165, 1.54) is 16.8 Å². The second-order valence-electron chi connectivity index (χ2n) is 7.43. The van der Waals surface area contributed by atoms with E-state index in [0.29, 0.717) is 9.74 Å². The van der Waals surface area contributed by atoms with E-state index < -0.39 is 5.96 Å². The number of thioether (sulfide) groups is 2. The van der Waals surface area contributed by atoms with Gasteiger partial charge in [-0.2, -0.15) is 0 Å². The summed E-state index contributed by atoms with van der Waals surface area (Å²) in [6.45, 7) is 11.7. The molecule has 0 aromatic heterocycles. The molecule has 1 aliphatic rings. The van der Waals surface area contributed by atoms with E-state index in [1.54, 1.807) is 0 Å². The summed E-state index contributed by atoms with van der Waals surface area (Å²) in [6.07, 6.45) is 0. The molecule has 4 heteroatoms. The van der Waals surface area contributed by atoms with E-state index in [0.717, 1.165) is 5.92 Å². The van der Waals surface area contributed by atoms with Crippen LogP contribution in [0.4, 0.5) is 0 Å². The van der Waals surface area contributed by atoms with Crippen LogP contribution in [0.25, 0.3) is 0 Å². The van der Waals surface area contributed by atoms with E-state index in [9.17, 15) is 0 Å². The fraction of sp³-hybridized carbons (Fsp3) is 0.625. The summed E-state index contributed by atoms with van der Waals surface area (Å²) in [6, 6.07) is 10.7. The molecule has 0 aliphatic carbocycles. The van der Waals surface area contributed by atoms with Crippen LogP contribution in [-0.2, 0) is 0 Å². The van der Waals surface area contributed by atoms with E-state index in [2.05, 4.69) is 88.0 Å². The number of rotatable bonds is 2. The van der Waals surface area contributed by atoms with Crippen LogP contribution < -0.4 is 5.30 Å². The summed E-state index contributed by atoms with van der Waals surface area (Å²) in [7, 11) is 0. The van der Waals surface area contributed by atoms with Crippen LogP contribution in [0.15, 0.2) is 30.3 Å². The molecular formula is C16H26ClPS2. The van der Waals surface area contributed by atoms with Gasteiger partial charge in [0, 0.05) is 0 Å². The van der Waals surface area contributed by atoms with Crippen molar-refractivity contribution >= 4 is 46.0 Å². The fourth-order valence-electron chi connectivity index (χ4n) is 2.41. The maximum atomic E-state index is 7.25. The molecule has 0 amide bonds. The zero-order valence-electron chi connectivity index (χ0n) is 13.1. The summed E-state index contributed by atoms with van der Waals surface area (Å²) in [5.74, 6) is 0.907. The Kier molecular flexibility index (Phi) is 4.83. The van der Waals surface area contributed by atoms with Crippen molar-refractivity contribution in [2.24, 2.45) is 11.3 Å². The molecule has 2 rings (SSSR count). The average Bonchev–Trinajstić information content (AvgIpc) is 2.38. The molecule has 0 nitrogen and oxygen atoms in total. The van der Waals surface area contributed by atoms with Crippen molar-refractivity contribution in [1.29, 1.82) is 0 Å². The summed E-state index contributed by atoms with van der Waals surface area (Å²) >= 11 is 11.4. The van der Waals surface area contributed by atoms with Gasteiger partial charge in [0.1, 0.15) is 0 Å². The molecule has 0 atom stereocenters. The molecule has 0 saturated carbocycles. The number of benzene rings is 1. The average molecular weight is 349 g/mol. The molecule has 114 valence electrons. The molecule has 0 bridgehead atoms. The first-order valence-electron chi connectivity index (χ1n) is 7.11. The minimum atomic E-state index is -2.35. The van der Waals surface area contributed by atoms with Gasteiger partial charge in [-0.05, 0) is 0 Å². The maximum absolute atomic E-state index is 7.25. The molecule has 1 fully saturated rings. The quantitative estimate of drug-likeness (QED) is 0.628. The number of hydrogen-bond acceptors (Lipinski definition) is 2. The Balaban J connectivity index is 2.17. The third-order valence-electron chi connectivity index (χ3n) is 4.23. The first kappa shape index (κ1) is 17.0. The summed E-state index contributed by atoms with van der Waals surface area (Å²) in [5.41, 5.74) is 0.405. The van der Waals surface area contributed by atoms with Crippen molar-refractivity contribution in [1.82, 2.24) is 0 Å². The summed E-state index contributed by atoms with van der Waals surface area (Å²) in [5, 5.41) is 1.35. The Bertz CT molecular complexity index is 451. The van der Waals surface area contributed by atoms with Gasteiger partial charge in [-0.3, -0.25) is 0 Å². The second-order valence-corrected chi connectivity index (χ2v) is 19.0. The van der Waals surface area contributed by atoms with Crippen LogP contribution >= 0.6 is 40.7 Å².